The fourth-order valence-electron chi connectivity index (χ4n) is 1.62. The van der Waals surface area contributed by atoms with E-state index in [0.717, 1.165) is 12.1 Å². The van der Waals surface area contributed by atoms with Crippen LogP contribution in [0.25, 0.3) is 0 Å². The Morgan fingerprint density at radius 2 is 1.83 bits per heavy atom. The summed E-state index contributed by atoms with van der Waals surface area (Å²) < 4.78 is 37.6. The number of ether oxygens (including phenoxy) is 2. The Balaban J connectivity index is 1.82. The van der Waals surface area contributed by atoms with Crippen LogP contribution in [0.2, 0.25) is 0 Å². The van der Waals surface area contributed by atoms with Gasteiger partial charge >= 0.3 is 12.6 Å². The first-order valence-electron chi connectivity index (χ1n) is 6.55. The summed E-state index contributed by atoms with van der Waals surface area (Å²) in [5, 5.41) is 1.98. The van der Waals surface area contributed by atoms with E-state index < -0.39 is 31.0 Å². The Morgan fingerprint density at radius 3 is 2.42 bits per heavy atom. The summed E-state index contributed by atoms with van der Waals surface area (Å²) in [6.07, 6.45) is 1.27. The standard InChI is InChI=1S/C15H11F2NO6/c16-15(17)24-10-5-3-9(4-6-10)13(20)18-12(19)8-23-14(21)11-2-1-7-22-11/h1-7,15H,8H2,(H,18,19,20). The zero-order chi connectivity index (χ0) is 17.5. The number of esters is 1. The van der Waals surface area contributed by atoms with Crippen LogP contribution in [-0.4, -0.2) is 31.0 Å². The zero-order valence-corrected chi connectivity index (χ0v) is 12.0. The molecule has 1 N–H and O–H groups in total. The van der Waals surface area contributed by atoms with Crippen LogP contribution in [0.15, 0.2) is 47.1 Å². The fraction of sp³-hybridized carbons (Fsp3) is 0.133. The minimum atomic E-state index is -2.98. The minimum Gasteiger partial charge on any atom is -0.457 e. The summed E-state index contributed by atoms with van der Waals surface area (Å²) in [4.78, 5) is 34.8. The highest BCUT2D eigenvalue weighted by atomic mass is 19.3. The van der Waals surface area contributed by atoms with Gasteiger partial charge in [0.2, 0.25) is 5.76 Å². The molecule has 0 unspecified atom stereocenters. The molecule has 126 valence electrons. The Morgan fingerprint density at radius 1 is 1.12 bits per heavy atom. The van der Waals surface area contributed by atoms with Crippen LogP contribution in [0.5, 0.6) is 5.75 Å². The Kier molecular flexibility index (Phi) is 5.61. The van der Waals surface area contributed by atoms with E-state index in [4.69, 9.17) is 4.42 Å². The normalized spacial score (nSPS) is 10.3. The lowest BCUT2D eigenvalue weighted by Gasteiger charge is -2.07. The SMILES string of the molecule is O=C(COC(=O)c1ccco1)NC(=O)c1ccc(OC(F)F)cc1. The van der Waals surface area contributed by atoms with Crippen LogP contribution in [0.3, 0.4) is 0 Å². The number of hydrogen-bond donors (Lipinski definition) is 1. The smallest absolute Gasteiger partial charge is 0.387 e. The molecule has 0 aliphatic heterocycles. The molecule has 0 aliphatic carbocycles. The topological polar surface area (TPSA) is 94.8 Å². The van der Waals surface area contributed by atoms with Crippen molar-refractivity contribution < 1.29 is 37.1 Å². The molecule has 9 heteroatoms. The molecule has 0 atom stereocenters. The average Bonchev–Trinajstić information content (AvgIpc) is 3.07. The van der Waals surface area contributed by atoms with Crippen molar-refractivity contribution in [2.24, 2.45) is 0 Å². The molecule has 1 heterocycles. The van der Waals surface area contributed by atoms with E-state index in [0.29, 0.717) is 0 Å². The number of benzene rings is 1. The first-order valence-corrected chi connectivity index (χ1v) is 6.55. The third-order valence-electron chi connectivity index (χ3n) is 2.65. The molecule has 24 heavy (non-hydrogen) atoms. The van der Waals surface area contributed by atoms with Gasteiger partial charge in [-0.3, -0.25) is 14.9 Å². The van der Waals surface area contributed by atoms with Crippen LogP contribution in [0.1, 0.15) is 20.9 Å². The number of amides is 2. The van der Waals surface area contributed by atoms with Crippen molar-refractivity contribution in [3.63, 3.8) is 0 Å². The second kappa shape index (κ2) is 7.86. The van der Waals surface area contributed by atoms with E-state index in [1.165, 1.54) is 30.5 Å². The number of furan rings is 1. The van der Waals surface area contributed by atoms with E-state index in [-0.39, 0.29) is 17.1 Å². The lowest BCUT2D eigenvalue weighted by molar-refractivity contribution is -0.123. The van der Waals surface area contributed by atoms with E-state index >= 15 is 0 Å². The first kappa shape index (κ1) is 17.1. The van der Waals surface area contributed by atoms with E-state index in [2.05, 4.69) is 9.47 Å². The monoisotopic (exact) mass is 339 g/mol. The van der Waals surface area contributed by atoms with Crippen LogP contribution >= 0.6 is 0 Å². The quantitative estimate of drug-likeness (QED) is 0.809. The van der Waals surface area contributed by atoms with Gasteiger partial charge < -0.3 is 13.9 Å². The molecular weight excluding hydrogens is 328 g/mol. The second-order valence-electron chi connectivity index (χ2n) is 4.33. The maximum Gasteiger partial charge on any atom is 0.387 e. The Hall–Kier alpha value is -3.23. The van der Waals surface area contributed by atoms with Crippen molar-refractivity contribution in [2.45, 2.75) is 6.61 Å². The molecule has 0 saturated heterocycles. The van der Waals surface area contributed by atoms with Crippen LogP contribution in [0, 0.1) is 0 Å². The van der Waals surface area contributed by atoms with Crippen molar-refractivity contribution in [3.8, 4) is 5.75 Å². The van der Waals surface area contributed by atoms with Crippen molar-refractivity contribution in [1.82, 2.24) is 5.32 Å². The maximum atomic E-state index is 12.0. The molecule has 1 aromatic heterocycles. The molecule has 2 amide bonds. The number of hydrogen-bond acceptors (Lipinski definition) is 6. The van der Waals surface area contributed by atoms with Crippen LogP contribution in [-0.2, 0) is 9.53 Å². The highest BCUT2D eigenvalue weighted by Gasteiger charge is 2.15. The lowest BCUT2D eigenvalue weighted by atomic mass is 10.2. The molecule has 0 aliphatic rings. The van der Waals surface area contributed by atoms with Gasteiger partial charge in [-0.2, -0.15) is 8.78 Å². The van der Waals surface area contributed by atoms with Crippen molar-refractivity contribution in [1.29, 1.82) is 0 Å². The molecule has 7 nitrogen and oxygen atoms in total. The molecule has 0 fully saturated rings. The summed E-state index contributed by atoms with van der Waals surface area (Å²) >= 11 is 0. The summed E-state index contributed by atoms with van der Waals surface area (Å²) in [5.41, 5.74) is 0.0438. The van der Waals surface area contributed by atoms with E-state index in [1.54, 1.807) is 0 Å². The predicted molar refractivity (Wildman–Crippen MR) is 74.5 cm³/mol. The van der Waals surface area contributed by atoms with Crippen molar-refractivity contribution in [3.05, 3.63) is 54.0 Å². The largest absolute Gasteiger partial charge is 0.457 e. The van der Waals surface area contributed by atoms with Gasteiger partial charge in [0.05, 0.1) is 6.26 Å². The summed E-state index contributed by atoms with van der Waals surface area (Å²) in [6.45, 7) is -3.66. The van der Waals surface area contributed by atoms with Gasteiger partial charge in [-0.1, -0.05) is 0 Å². The summed E-state index contributed by atoms with van der Waals surface area (Å²) in [5.74, 6) is -2.69. The number of carbonyl (C=O) groups is 3. The van der Waals surface area contributed by atoms with Crippen molar-refractivity contribution in [2.75, 3.05) is 6.61 Å². The predicted octanol–water partition coefficient (Wildman–Crippen LogP) is 1.99. The molecule has 2 rings (SSSR count). The first-order chi connectivity index (χ1) is 11.5. The molecular formula is C15H11F2NO6. The third kappa shape index (κ3) is 4.90. The van der Waals surface area contributed by atoms with Gasteiger partial charge in [-0.05, 0) is 36.4 Å². The number of imide groups is 1. The lowest BCUT2D eigenvalue weighted by Crippen LogP contribution is -2.34. The molecule has 2 aromatic rings. The minimum absolute atomic E-state index is 0.0438. The zero-order valence-electron chi connectivity index (χ0n) is 12.0. The highest BCUT2D eigenvalue weighted by molar-refractivity contribution is 6.05. The van der Waals surface area contributed by atoms with Crippen LogP contribution in [0.4, 0.5) is 8.78 Å². The molecule has 0 saturated carbocycles. The number of halogens is 2. The Labute approximate surface area is 134 Å². The molecule has 0 spiro atoms. The van der Waals surface area contributed by atoms with Gasteiger partial charge in [-0.15, -0.1) is 0 Å². The van der Waals surface area contributed by atoms with Crippen molar-refractivity contribution >= 4 is 17.8 Å². The molecule has 1 aromatic carbocycles. The number of alkyl halides is 2. The average molecular weight is 339 g/mol. The third-order valence-corrected chi connectivity index (χ3v) is 2.65. The number of carbonyl (C=O) groups excluding carboxylic acids is 3. The van der Waals surface area contributed by atoms with Gasteiger partial charge in [0.15, 0.2) is 6.61 Å². The summed E-state index contributed by atoms with van der Waals surface area (Å²) in [7, 11) is 0. The van der Waals surface area contributed by atoms with Gasteiger partial charge in [0, 0.05) is 5.56 Å². The molecule has 0 bridgehead atoms. The van der Waals surface area contributed by atoms with Gasteiger partial charge in [-0.25, -0.2) is 4.79 Å². The maximum absolute atomic E-state index is 12.0. The van der Waals surface area contributed by atoms with E-state index in [9.17, 15) is 23.2 Å². The highest BCUT2D eigenvalue weighted by Crippen LogP contribution is 2.14. The number of rotatable bonds is 6. The van der Waals surface area contributed by atoms with E-state index in [1.807, 2.05) is 5.32 Å². The Bertz CT molecular complexity index is 712. The second-order valence-corrected chi connectivity index (χ2v) is 4.33. The van der Waals surface area contributed by atoms with Gasteiger partial charge in [0.25, 0.3) is 11.8 Å². The molecule has 0 radical (unpaired) electrons. The number of nitrogens with one attached hydrogen (secondary N) is 1. The fourth-order valence-corrected chi connectivity index (χ4v) is 1.62. The van der Waals surface area contributed by atoms with Gasteiger partial charge in [0.1, 0.15) is 5.75 Å². The van der Waals surface area contributed by atoms with Crippen LogP contribution < -0.4 is 10.1 Å². The summed E-state index contributed by atoms with van der Waals surface area (Å²) in [6, 6.07) is 7.55.